The molecule has 20 heavy (non-hydrogen) atoms. The predicted molar refractivity (Wildman–Crippen MR) is 68.6 cm³/mol. The second-order valence-corrected chi connectivity index (χ2v) is 4.70. The van der Waals surface area contributed by atoms with Crippen LogP contribution >= 0.6 is 0 Å². The Bertz CT molecular complexity index is 513. The van der Waals surface area contributed by atoms with Crippen LogP contribution in [0.15, 0.2) is 18.2 Å². The summed E-state index contributed by atoms with van der Waals surface area (Å²) >= 11 is 0. The quantitative estimate of drug-likeness (QED) is 0.683. The fraction of sp³-hybridized carbons (Fsp3) is 0.462. The van der Waals surface area contributed by atoms with Crippen LogP contribution in [0.2, 0.25) is 0 Å². The highest BCUT2D eigenvalue weighted by atomic mass is 19.4. The lowest BCUT2D eigenvalue weighted by atomic mass is 10.1. The van der Waals surface area contributed by atoms with Crippen LogP contribution in [0.5, 0.6) is 0 Å². The molecule has 0 radical (unpaired) electrons. The van der Waals surface area contributed by atoms with Gasteiger partial charge in [0.2, 0.25) is 0 Å². The van der Waals surface area contributed by atoms with Crippen LogP contribution in [0.4, 0.5) is 24.5 Å². The van der Waals surface area contributed by atoms with E-state index in [-0.39, 0.29) is 23.0 Å². The zero-order chi connectivity index (χ0) is 14.9. The largest absolute Gasteiger partial charge is 0.465 e. The van der Waals surface area contributed by atoms with Crippen molar-refractivity contribution in [3.63, 3.8) is 0 Å². The number of hydrogen-bond acceptors (Lipinski definition) is 4. The van der Waals surface area contributed by atoms with Crippen LogP contribution in [0.25, 0.3) is 0 Å². The van der Waals surface area contributed by atoms with E-state index in [1.54, 1.807) is 0 Å². The average Bonchev–Trinajstić information content (AvgIpc) is 3.19. The Kier molecular flexibility index (Phi) is 3.78. The Balaban J connectivity index is 2.36. The number of halogens is 3. The van der Waals surface area contributed by atoms with Gasteiger partial charge in [0.25, 0.3) is 0 Å². The molecule has 4 nitrogen and oxygen atoms in total. The number of benzene rings is 1. The van der Waals surface area contributed by atoms with E-state index in [0.717, 1.165) is 0 Å². The van der Waals surface area contributed by atoms with Crippen molar-refractivity contribution < 1.29 is 22.7 Å². The highest BCUT2D eigenvalue weighted by molar-refractivity contribution is 5.98. The number of nitrogens with two attached hydrogens (primary N) is 1. The molecule has 1 saturated carbocycles. The normalized spacial score (nSPS) is 15.0. The Morgan fingerprint density at radius 1 is 1.45 bits per heavy atom. The van der Waals surface area contributed by atoms with E-state index in [1.165, 1.54) is 30.2 Å². The number of alkyl halides is 3. The van der Waals surface area contributed by atoms with Gasteiger partial charge in [-0.3, -0.25) is 0 Å². The maximum atomic E-state index is 12.7. The van der Waals surface area contributed by atoms with Crippen LogP contribution in [0.3, 0.4) is 0 Å². The molecule has 0 aliphatic heterocycles. The summed E-state index contributed by atoms with van der Waals surface area (Å²) in [6.45, 7) is -1.08. The summed E-state index contributed by atoms with van der Waals surface area (Å²) in [7, 11) is 1.20. The summed E-state index contributed by atoms with van der Waals surface area (Å²) in [5, 5.41) is 0. The third-order valence-electron chi connectivity index (χ3n) is 3.14. The molecule has 1 aromatic rings. The molecule has 110 valence electrons. The molecule has 7 heteroatoms. The van der Waals surface area contributed by atoms with Gasteiger partial charge in [-0.25, -0.2) is 4.79 Å². The Morgan fingerprint density at radius 3 is 2.60 bits per heavy atom. The first-order valence-corrected chi connectivity index (χ1v) is 6.13. The molecule has 0 amide bonds. The van der Waals surface area contributed by atoms with E-state index in [9.17, 15) is 18.0 Å². The molecule has 1 aromatic carbocycles. The smallest absolute Gasteiger partial charge is 0.405 e. The third-order valence-corrected chi connectivity index (χ3v) is 3.14. The van der Waals surface area contributed by atoms with Crippen molar-refractivity contribution in [1.29, 1.82) is 0 Å². The summed E-state index contributed by atoms with van der Waals surface area (Å²) in [6.07, 6.45) is -2.94. The van der Waals surface area contributed by atoms with E-state index < -0.39 is 18.7 Å². The highest BCUT2D eigenvalue weighted by Crippen LogP contribution is 2.38. The lowest BCUT2D eigenvalue weighted by molar-refractivity contribution is -0.119. The topological polar surface area (TPSA) is 55.6 Å². The van der Waals surface area contributed by atoms with Gasteiger partial charge < -0.3 is 15.4 Å². The first-order valence-electron chi connectivity index (χ1n) is 6.13. The molecule has 0 aromatic heterocycles. The van der Waals surface area contributed by atoms with Crippen molar-refractivity contribution in [2.75, 3.05) is 24.3 Å². The number of esters is 1. The SMILES string of the molecule is COC(=O)c1cccc(N(CC(F)(F)F)C2CC2)c1N. The van der Waals surface area contributed by atoms with Crippen molar-refractivity contribution >= 4 is 17.3 Å². The molecular weight excluding hydrogens is 273 g/mol. The number of rotatable bonds is 4. The van der Waals surface area contributed by atoms with E-state index in [2.05, 4.69) is 4.74 Å². The maximum absolute atomic E-state index is 12.7. The molecule has 0 spiro atoms. The molecule has 2 N–H and O–H groups in total. The number of ether oxygens (including phenoxy) is 1. The van der Waals surface area contributed by atoms with Gasteiger partial charge >= 0.3 is 12.1 Å². The number of para-hydroxylation sites is 1. The van der Waals surface area contributed by atoms with Gasteiger partial charge in [0.1, 0.15) is 6.54 Å². The predicted octanol–water partition coefficient (Wildman–Crippen LogP) is 2.59. The zero-order valence-electron chi connectivity index (χ0n) is 10.9. The van der Waals surface area contributed by atoms with Gasteiger partial charge in [-0.15, -0.1) is 0 Å². The molecule has 0 unspecified atom stereocenters. The van der Waals surface area contributed by atoms with Crippen molar-refractivity contribution in [3.05, 3.63) is 23.8 Å². The number of hydrogen-bond donors (Lipinski definition) is 1. The summed E-state index contributed by atoms with van der Waals surface area (Å²) < 4.78 is 42.6. The van der Waals surface area contributed by atoms with Gasteiger partial charge in [0, 0.05) is 6.04 Å². The second kappa shape index (κ2) is 5.22. The van der Waals surface area contributed by atoms with Gasteiger partial charge in [-0.2, -0.15) is 13.2 Å². The first-order chi connectivity index (χ1) is 9.33. The zero-order valence-corrected chi connectivity index (χ0v) is 10.9. The van der Waals surface area contributed by atoms with E-state index in [4.69, 9.17) is 5.73 Å². The Labute approximate surface area is 114 Å². The van der Waals surface area contributed by atoms with Crippen LogP contribution in [-0.4, -0.2) is 31.8 Å². The van der Waals surface area contributed by atoms with E-state index in [1.807, 2.05) is 0 Å². The molecule has 1 fully saturated rings. The number of carbonyl (C=O) groups is 1. The monoisotopic (exact) mass is 288 g/mol. The summed E-state index contributed by atoms with van der Waals surface area (Å²) in [4.78, 5) is 12.7. The number of methoxy groups -OCH3 is 1. The summed E-state index contributed by atoms with van der Waals surface area (Å²) in [5.74, 6) is -0.660. The average molecular weight is 288 g/mol. The first kappa shape index (κ1) is 14.5. The molecule has 0 bridgehead atoms. The minimum atomic E-state index is -4.32. The third kappa shape index (κ3) is 3.15. The molecule has 0 saturated heterocycles. The molecule has 0 heterocycles. The molecule has 2 rings (SSSR count). The van der Waals surface area contributed by atoms with E-state index >= 15 is 0 Å². The van der Waals surface area contributed by atoms with Gasteiger partial charge in [0.15, 0.2) is 0 Å². The number of carbonyl (C=O) groups excluding carboxylic acids is 1. The molecular formula is C13H15F3N2O2. The van der Waals surface area contributed by atoms with Crippen LogP contribution < -0.4 is 10.6 Å². The minimum absolute atomic E-state index is 0.0236. The lowest BCUT2D eigenvalue weighted by Gasteiger charge is -2.27. The molecule has 1 aliphatic carbocycles. The van der Waals surface area contributed by atoms with Crippen molar-refractivity contribution in [1.82, 2.24) is 0 Å². The van der Waals surface area contributed by atoms with Crippen molar-refractivity contribution in [2.24, 2.45) is 0 Å². The van der Waals surface area contributed by atoms with Gasteiger partial charge in [-0.1, -0.05) is 6.07 Å². The van der Waals surface area contributed by atoms with E-state index in [0.29, 0.717) is 12.8 Å². The summed E-state index contributed by atoms with van der Waals surface area (Å²) in [6, 6.07) is 4.26. The highest BCUT2D eigenvalue weighted by Gasteiger charge is 2.39. The van der Waals surface area contributed by atoms with Crippen molar-refractivity contribution in [2.45, 2.75) is 25.1 Å². The number of nitrogens with zero attached hydrogens (tertiary/aromatic N) is 1. The lowest BCUT2D eigenvalue weighted by Crippen LogP contribution is -2.36. The fourth-order valence-corrected chi connectivity index (χ4v) is 2.08. The van der Waals surface area contributed by atoms with Crippen LogP contribution in [-0.2, 0) is 4.74 Å². The molecule has 0 atom stereocenters. The second-order valence-electron chi connectivity index (χ2n) is 4.70. The van der Waals surface area contributed by atoms with Crippen molar-refractivity contribution in [3.8, 4) is 0 Å². The fourth-order valence-electron chi connectivity index (χ4n) is 2.08. The van der Waals surface area contributed by atoms with Crippen LogP contribution in [0.1, 0.15) is 23.2 Å². The Hall–Kier alpha value is -1.92. The minimum Gasteiger partial charge on any atom is -0.465 e. The van der Waals surface area contributed by atoms with Crippen LogP contribution in [0, 0.1) is 0 Å². The standard InChI is InChI=1S/C13H15F3N2O2/c1-20-12(19)9-3-2-4-10(11(9)17)18(8-5-6-8)7-13(14,15)16/h2-4,8H,5-7,17H2,1H3. The van der Waals surface area contributed by atoms with Gasteiger partial charge in [0.05, 0.1) is 24.0 Å². The number of nitrogen functional groups attached to an aromatic ring is 1. The van der Waals surface area contributed by atoms with Gasteiger partial charge in [-0.05, 0) is 25.0 Å². The summed E-state index contributed by atoms with van der Waals surface area (Å²) in [5.41, 5.74) is 6.17. The number of anilines is 2. The maximum Gasteiger partial charge on any atom is 0.405 e. The molecule has 1 aliphatic rings. The Morgan fingerprint density at radius 2 is 2.10 bits per heavy atom.